The number of carbonyl (C=O) groups is 1. The molecule has 0 radical (unpaired) electrons. The molecule has 0 saturated heterocycles. The van der Waals surface area contributed by atoms with Crippen LogP contribution in [0.15, 0.2) is 24.3 Å². The van der Waals surface area contributed by atoms with E-state index in [1.165, 1.54) is 11.1 Å². The van der Waals surface area contributed by atoms with Gasteiger partial charge in [-0.3, -0.25) is 4.79 Å². The van der Waals surface area contributed by atoms with Crippen LogP contribution in [0, 0.1) is 0 Å². The Bertz CT molecular complexity index is 382. The van der Waals surface area contributed by atoms with E-state index in [0.717, 1.165) is 6.42 Å². The van der Waals surface area contributed by atoms with Gasteiger partial charge >= 0.3 is 0 Å². The molecule has 1 aromatic rings. The Morgan fingerprint density at radius 1 is 1.21 bits per heavy atom. The molecular weight excluding hydrogens is 260 g/mol. The van der Waals surface area contributed by atoms with Crippen molar-refractivity contribution in [2.24, 2.45) is 5.73 Å². The number of halogens is 1. The summed E-state index contributed by atoms with van der Waals surface area (Å²) in [4.78, 5) is 11.2. The molecule has 0 aliphatic carbocycles. The molecule has 3 N–H and O–H groups in total. The number of rotatable bonds is 5. The SMILES string of the molecule is CC(C)(C)c1ccc(CCNC(=O)CCN)cc1.Cl. The summed E-state index contributed by atoms with van der Waals surface area (Å²) in [7, 11) is 0. The first kappa shape index (κ1) is 17.9. The monoisotopic (exact) mass is 284 g/mol. The molecule has 1 amide bonds. The summed E-state index contributed by atoms with van der Waals surface area (Å²) < 4.78 is 0. The molecule has 1 rings (SSSR count). The second-order valence-corrected chi connectivity index (χ2v) is 5.59. The Morgan fingerprint density at radius 2 is 1.79 bits per heavy atom. The minimum Gasteiger partial charge on any atom is -0.356 e. The van der Waals surface area contributed by atoms with Crippen LogP contribution in [0.4, 0.5) is 0 Å². The van der Waals surface area contributed by atoms with Crippen molar-refractivity contribution in [2.75, 3.05) is 13.1 Å². The predicted molar refractivity (Wildman–Crippen MR) is 82.8 cm³/mol. The summed E-state index contributed by atoms with van der Waals surface area (Å²) in [6, 6.07) is 8.60. The van der Waals surface area contributed by atoms with Crippen molar-refractivity contribution in [1.82, 2.24) is 5.32 Å². The topological polar surface area (TPSA) is 55.1 Å². The zero-order chi connectivity index (χ0) is 13.6. The van der Waals surface area contributed by atoms with Crippen molar-refractivity contribution < 1.29 is 4.79 Å². The molecule has 4 heteroatoms. The summed E-state index contributed by atoms with van der Waals surface area (Å²) in [6.07, 6.45) is 1.27. The van der Waals surface area contributed by atoms with Crippen molar-refractivity contribution in [1.29, 1.82) is 0 Å². The smallest absolute Gasteiger partial charge is 0.221 e. The van der Waals surface area contributed by atoms with E-state index in [1.54, 1.807) is 0 Å². The number of carbonyl (C=O) groups excluding carboxylic acids is 1. The van der Waals surface area contributed by atoms with Gasteiger partial charge in [-0.25, -0.2) is 0 Å². The lowest BCUT2D eigenvalue weighted by molar-refractivity contribution is -0.120. The Morgan fingerprint density at radius 3 is 2.26 bits per heavy atom. The van der Waals surface area contributed by atoms with E-state index in [1.807, 2.05) is 0 Å². The van der Waals surface area contributed by atoms with Crippen LogP contribution in [0.25, 0.3) is 0 Å². The molecule has 3 nitrogen and oxygen atoms in total. The Hall–Kier alpha value is -1.06. The maximum absolute atomic E-state index is 11.2. The van der Waals surface area contributed by atoms with Gasteiger partial charge in [0.25, 0.3) is 0 Å². The minimum atomic E-state index is 0. The van der Waals surface area contributed by atoms with Crippen LogP contribution in [0.1, 0.15) is 38.3 Å². The van der Waals surface area contributed by atoms with Gasteiger partial charge in [-0.15, -0.1) is 12.4 Å². The van der Waals surface area contributed by atoms with Crippen LogP contribution in [0.5, 0.6) is 0 Å². The maximum atomic E-state index is 11.2. The number of hydrogen-bond acceptors (Lipinski definition) is 2. The maximum Gasteiger partial charge on any atom is 0.221 e. The lowest BCUT2D eigenvalue weighted by Gasteiger charge is -2.19. The van der Waals surface area contributed by atoms with E-state index in [-0.39, 0.29) is 23.7 Å². The van der Waals surface area contributed by atoms with Crippen molar-refractivity contribution in [3.05, 3.63) is 35.4 Å². The molecule has 0 aliphatic heterocycles. The summed E-state index contributed by atoms with van der Waals surface area (Å²) in [5.74, 6) is 0.0313. The summed E-state index contributed by atoms with van der Waals surface area (Å²) in [6.45, 7) is 7.69. The van der Waals surface area contributed by atoms with Gasteiger partial charge in [0.15, 0.2) is 0 Å². The third-order valence-corrected chi connectivity index (χ3v) is 2.93. The number of amides is 1. The fourth-order valence-electron chi connectivity index (χ4n) is 1.74. The zero-order valence-electron chi connectivity index (χ0n) is 12.0. The van der Waals surface area contributed by atoms with Gasteiger partial charge in [-0.1, -0.05) is 45.0 Å². The van der Waals surface area contributed by atoms with Crippen LogP contribution >= 0.6 is 12.4 Å². The first-order valence-electron chi connectivity index (χ1n) is 6.49. The predicted octanol–water partition coefficient (Wildman–Crippen LogP) is 2.41. The molecular formula is C15H25ClN2O. The fraction of sp³-hybridized carbons (Fsp3) is 0.533. The van der Waals surface area contributed by atoms with Crippen LogP contribution in [-0.2, 0) is 16.6 Å². The second kappa shape index (κ2) is 8.18. The number of nitrogens with one attached hydrogen (secondary N) is 1. The third-order valence-electron chi connectivity index (χ3n) is 2.93. The lowest BCUT2D eigenvalue weighted by atomic mass is 9.86. The molecule has 108 valence electrons. The standard InChI is InChI=1S/C15H24N2O.ClH/c1-15(2,3)13-6-4-12(5-7-13)9-11-17-14(18)8-10-16;/h4-7H,8-11,16H2,1-3H3,(H,17,18);1H. The van der Waals surface area contributed by atoms with E-state index >= 15 is 0 Å². The highest BCUT2D eigenvalue weighted by atomic mass is 35.5. The summed E-state index contributed by atoms with van der Waals surface area (Å²) >= 11 is 0. The van der Waals surface area contributed by atoms with Crippen molar-refractivity contribution in [2.45, 2.75) is 39.0 Å². The third kappa shape index (κ3) is 6.60. The largest absolute Gasteiger partial charge is 0.356 e. The van der Waals surface area contributed by atoms with Gasteiger partial charge in [0.1, 0.15) is 0 Å². The minimum absolute atomic E-state index is 0. The molecule has 0 spiro atoms. The molecule has 0 saturated carbocycles. The average molecular weight is 285 g/mol. The van der Waals surface area contributed by atoms with E-state index in [2.05, 4.69) is 50.4 Å². The quantitative estimate of drug-likeness (QED) is 0.872. The summed E-state index contributed by atoms with van der Waals surface area (Å²) in [5.41, 5.74) is 8.08. The van der Waals surface area contributed by atoms with Crippen LogP contribution in [0.2, 0.25) is 0 Å². The molecule has 0 unspecified atom stereocenters. The normalized spacial score (nSPS) is 10.7. The first-order valence-corrected chi connectivity index (χ1v) is 6.49. The van der Waals surface area contributed by atoms with Gasteiger partial charge in [0, 0.05) is 19.5 Å². The molecule has 0 bridgehead atoms. The van der Waals surface area contributed by atoms with Gasteiger partial charge in [-0.05, 0) is 23.0 Å². The van der Waals surface area contributed by atoms with E-state index in [4.69, 9.17) is 5.73 Å². The Balaban J connectivity index is 0.00000324. The van der Waals surface area contributed by atoms with Crippen molar-refractivity contribution >= 4 is 18.3 Å². The van der Waals surface area contributed by atoms with Crippen molar-refractivity contribution in [3.8, 4) is 0 Å². The van der Waals surface area contributed by atoms with Gasteiger partial charge in [-0.2, -0.15) is 0 Å². The molecule has 1 aromatic carbocycles. The molecule has 19 heavy (non-hydrogen) atoms. The number of benzene rings is 1. The highest BCUT2D eigenvalue weighted by Gasteiger charge is 2.12. The Labute approximate surface area is 122 Å². The van der Waals surface area contributed by atoms with E-state index in [9.17, 15) is 4.79 Å². The van der Waals surface area contributed by atoms with E-state index in [0.29, 0.717) is 19.5 Å². The number of hydrogen-bond donors (Lipinski definition) is 2. The Kier molecular flexibility index (Phi) is 7.72. The summed E-state index contributed by atoms with van der Waals surface area (Å²) in [5, 5.41) is 2.86. The average Bonchev–Trinajstić information content (AvgIpc) is 2.29. The van der Waals surface area contributed by atoms with Crippen LogP contribution in [0.3, 0.4) is 0 Å². The highest BCUT2D eigenvalue weighted by Crippen LogP contribution is 2.22. The lowest BCUT2D eigenvalue weighted by Crippen LogP contribution is -2.27. The van der Waals surface area contributed by atoms with Gasteiger partial charge in [0.05, 0.1) is 0 Å². The zero-order valence-corrected chi connectivity index (χ0v) is 12.8. The fourth-order valence-corrected chi connectivity index (χ4v) is 1.74. The first-order chi connectivity index (χ1) is 8.43. The molecule has 0 aromatic heterocycles. The van der Waals surface area contributed by atoms with Gasteiger partial charge < -0.3 is 11.1 Å². The van der Waals surface area contributed by atoms with Gasteiger partial charge in [0.2, 0.25) is 5.91 Å². The van der Waals surface area contributed by atoms with Crippen LogP contribution in [-0.4, -0.2) is 19.0 Å². The highest BCUT2D eigenvalue weighted by molar-refractivity contribution is 5.85. The second-order valence-electron chi connectivity index (χ2n) is 5.59. The molecule has 0 heterocycles. The number of nitrogens with two attached hydrogens (primary N) is 1. The molecule has 0 fully saturated rings. The molecule has 0 atom stereocenters. The van der Waals surface area contributed by atoms with Crippen molar-refractivity contribution in [3.63, 3.8) is 0 Å². The van der Waals surface area contributed by atoms with Crippen LogP contribution < -0.4 is 11.1 Å². The molecule has 0 aliphatic rings. The van der Waals surface area contributed by atoms with E-state index < -0.39 is 0 Å².